The standard InChI is InChI=1S/C18H15F3N2OS/c1-2-24-13-9-7-12(8-10-13)16-11-25-17(23-16)22-15-6-4-3-5-14(15)18(19,20)21/h3-11H,2H2,1H3,(H,22,23). The van der Waals surface area contributed by atoms with Crippen molar-refractivity contribution in [2.24, 2.45) is 0 Å². The van der Waals surface area contributed by atoms with E-state index in [9.17, 15) is 13.2 Å². The Morgan fingerprint density at radius 2 is 1.80 bits per heavy atom. The van der Waals surface area contributed by atoms with Gasteiger partial charge in [0.15, 0.2) is 5.13 Å². The lowest BCUT2D eigenvalue weighted by atomic mass is 10.1. The van der Waals surface area contributed by atoms with Crippen molar-refractivity contribution in [1.82, 2.24) is 4.98 Å². The SMILES string of the molecule is CCOc1ccc(-c2csc(Nc3ccccc3C(F)(F)F)n2)cc1. The van der Waals surface area contributed by atoms with Crippen LogP contribution in [0.2, 0.25) is 0 Å². The van der Waals surface area contributed by atoms with E-state index < -0.39 is 11.7 Å². The molecule has 25 heavy (non-hydrogen) atoms. The highest BCUT2D eigenvalue weighted by atomic mass is 32.1. The predicted octanol–water partition coefficient (Wildman–Crippen LogP) is 5.97. The molecule has 0 radical (unpaired) electrons. The molecule has 0 atom stereocenters. The van der Waals surface area contributed by atoms with Gasteiger partial charge in [0, 0.05) is 10.9 Å². The molecular weight excluding hydrogens is 349 g/mol. The molecule has 1 aromatic heterocycles. The average Bonchev–Trinajstić information content (AvgIpc) is 3.04. The van der Waals surface area contributed by atoms with Crippen LogP contribution in [0.25, 0.3) is 11.3 Å². The summed E-state index contributed by atoms with van der Waals surface area (Å²) in [7, 11) is 0. The number of rotatable bonds is 5. The second kappa shape index (κ2) is 7.14. The third kappa shape index (κ3) is 4.11. The van der Waals surface area contributed by atoms with Gasteiger partial charge in [0.2, 0.25) is 0 Å². The second-order valence-corrected chi connectivity index (χ2v) is 6.02. The Morgan fingerprint density at radius 1 is 1.08 bits per heavy atom. The van der Waals surface area contributed by atoms with Gasteiger partial charge in [-0.25, -0.2) is 4.98 Å². The Hall–Kier alpha value is -2.54. The number of halogens is 3. The number of benzene rings is 2. The molecule has 0 spiro atoms. The van der Waals surface area contributed by atoms with E-state index in [4.69, 9.17) is 4.74 Å². The van der Waals surface area contributed by atoms with Crippen molar-refractivity contribution in [2.45, 2.75) is 13.1 Å². The maximum atomic E-state index is 13.1. The first-order valence-electron chi connectivity index (χ1n) is 7.59. The fraction of sp³-hybridized carbons (Fsp3) is 0.167. The van der Waals surface area contributed by atoms with E-state index in [1.54, 1.807) is 11.4 Å². The maximum absolute atomic E-state index is 13.1. The topological polar surface area (TPSA) is 34.1 Å². The smallest absolute Gasteiger partial charge is 0.418 e. The number of ether oxygens (including phenoxy) is 1. The van der Waals surface area contributed by atoms with Crippen LogP contribution >= 0.6 is 11.3 Å². The minimum Gasteiger partial charge on any atom is -0.494 e. The van der Waals surface area contributed by atoms with Gasteiger partial charge in [-0.3, -0.25) is 0 Å². The number of anilines is 2. The largest absolute Gasteiger partial charge is 0.494 e. The minimum absolute atomic E-state index is 0.0115. The molecule has 3 nitrogen and oxygen atoms in total. The van der Waals surface area contributed by atoms with Gasteiger partial charge >= 0.3 is 6.18 Å². The highest BCUT2D eigenvalue weighted by Crippen LogP contribution is 2.37. The monoisotopic (exact) mass is 364 g/mol. The zero-order valence-electron chi connectivity index (χ0n) is 13.3. The zero-order valence-corrected chi connectivity index (χ0v) is 14.1. The fourth-order valence-electron chi connectivity index (χ4n) is 2.31. The number of alkyl halides is 3. The highest BCUT2D eigenvalue weighted by molar-refractivity contribution is 7.14. The van der Waals surface area contributed by atoms with Crippen LogP contribution in [0.1, 0.15) is 12.5 Å². The summed E-state index contributed by atoms with van der Waals surface area (Å²) in [6.45, 7) is 2.49. The van der Waals surface area contributed by atoms with Gasteiger partial charge in [-0.1, -0.05) is 12.1 Å². The summed E-state index contributed by atoms with van der Waals surface area (Å²) in [6.07, 6.45) is -4.42. The van der Waals surface area contributed by atoms with Gasteiger partial charge < -0.3 is 10.1 Å². The summed E-state index contributed by atoms with van der Waals surface area (Å²) < 4.78 is 44.5. The average molecular weight is 364 g/mol. The molecule has 1 heterocycles. The van der Waals surface area contributed by atoms with Gasteiger partial charge in [0.25, 0.3) is 0 Å². The summed E-state index contributed by atoms with van der Waals surface area (Å²) in [5, 5.41) is 4.97. The summed E-state index contributed by atoms with van der Waals surface area (Å²) in [5.41, 5.74) is 0.840. The third-order valence-corrected chi connectivity index (χ3v) is 4.20. The third-order valence-electron chi connectivity index (χ3n) is 3.44. The summed E-state index contributed by atoms with van der Waals surface area (Å²) in [6, 6.07) is 12.8. The lowest BCUT2D eigenvalue weighted by molar-refractivity contribution is -0.136. The Balaban J connectivity index is 1.81. The van der Waals surface area contributed by atoms with Crippen molar-refractivity contribution in [3.05, 3.63) is 59.5 Å². The van der Waals surface area contributed by atoms with Gasteiger partial charge in [0.1, 0.15) is 5.75 Å². The van der Waals surface area contributed by atoms with Crippen LogP contribution in [0.5, 0.6) is 5.75 Å². The number of nitrogens with zero attached hydrogens (tertiary/aromatic N) is 1. The molecule has 0 unspecified atom stereocenters. The number of hydrogen-bond donors (Lipinski definition) is 1. The quantitative estimate of drug-likeness (QED) is 0.605. The molecule has 2 aromatic carbocycles. The van der Waals surface area contributed by atoms with Crippen molar-refractivity contribution in [2.75, 3.05) is 11.9 Å². The summed E-state index contributed by atoms with van der Waals surface area (Å²) >= 11 is 1.25. The van der Waals surface area contributed by atoms with Crippen LogP contribution in [-0.4, -0.2) is 11.6 Å². The molecule has 3 aromatic rings. The Labute approximate surface area is 147 Å². The van der Waals surface area contributed by atoms with E-state index in [1.807, 2.05) is 31.2 Å². The van der Waals surface area contributed by atoms with Crippen molar-refractivity contribution >= 4 is 22.2 Å². The molecule has 0 saturated carbocycles. The maximum Gasteiger partial charge on any atom is 0.418 e. The Kier molecular flexibility index (Phi) is 4.94. The van der Waals surface area contributed by atoms with Crippen molar-refractivity contribution < 1.29 is 17.9 Å². The first kappa shape index (κ1) is 17.3. The van der Waals surface area contributed by atoms with Crippen molar-refractivity contribution in [3.8, 4) is 17.0 Å². The molecule has 1 N–H and O–H groups in total. The minimum atomic E-state index is -4.42. The van der Waals surface area contributed by atoms with E-state index in [-0.39, 0.29) is 5.69 Å². The van der Waals surface area contributed by atoms with Crippen molar-refractivity contribution in [1.29, 1.82) is 0 Å². The normalized spacial score (nSPS) is 11.4. The number of para-hydroxylation sites is 1. The first-order chi connectivity index (χ1) is 12.0. The van der Waals surface area contributed by atoms with E-state index >= 15 is 0 Å². The van der Waals surface area contributed by atoms with Crippen LogP contribution in [0.15, 0.2) is 53.9 Å². The Morgan fingerprint density at radius 3 is 2.48 bits per heavy atom. The van der Waals surface area contributed by atoms with Gasteiger partial charge in [-0.05, 0) is 43.3 Å². The highest BCUT2D eigenvalue weighted by Gasteiger charge is 2.33. The molecule has 7 heteroatoms. The van der Waals surface area contributed by atoms with E-state index in [2.05, 4.69) is 10.3 Å². The number of aromatic nitrogens is 1. The van der Waals surface area contributed by atoms with Crippen LogP contribution in [-0.2, 0) is 6.18 Å². The fourth-order valence-corrected chi connectivity index (χ4v) is 3.04. The summed E-state index contributed by atoms with van der Waals surface area (Å²) in [5.74, 6) is 0.763. The second-order valence-electron chi connectivity index (χ2n) is 5.16. The summed E-state index contributed by atoms with van der Waals surface area (Å²) in [4.78, 5) is 4.37. The van der Waals surface area contributed by atoms with E-state index in [0.29, 0.717) is 17.4 Å². The zero-order chi connectivity index (χ0) is 17.9. The van der Waals surface area contributed by atoms with Crippen LogP contribution in [0.4, 0.5) is 24.0 Å². The molecule has 3 rings (SSSR count). The molecule has 0 aliphatic rings. The van der Waals surface area contributed by atoms with Crippen LogP contribution in [0, 0.1) is 0 Å². The molecule has 130 valence electrons. The molecule has 0 aliphatic heterocycles. The lowest BCUT2D eigenvalue weighted by Gasteiger charge is -2.12. The van der Waals surface area contributed by atoms with E-state index in [1.165, 1.54) is 23.5 Å². The molecule has 0 amide bonds. The molecular formula is C18H15F3N2OS. The first-order valence-corrected chi connectivity index (χ1v) is 8.47. The lowest BCUT2D eigenvalue weighted by Crippen LogP contribution is -2.08. The molecule has 0 bridgehead atoms. The van der Waals surface area contributed by atoms with Gasteiger partial charge in [-0.15, -0.1) is 11.3 Å². The number of hydrogen-bond acceptors (Lipinski definition) is 4. The predicted molar refractivity (Wildman–Crippen MR) is 93.4 cm³/mol. The molecule has 0 saturated heterocycles. The Bertz CT molecular complexity index is 844. The van der Waals surface area contributed by atoms with Crippen molar-refractivity contribution in [3.63, 3.8) is 0 Å². The molecule has 0 aliphatic carbocycles. The van der Waals surface area contributed by atoms with Crippen LogP contribution < -0.4 is 10.1 Å². The number of thiazole rings is 1. The van der Waals surface area contributed by atoms with Gasteiger partial charge in [-0.2, -0.15) is 13.2 Å². The molecule has 0 fully saturated rings. The number of nitrogens with one attached hydrogen (secondary N) is 1. The van der Waals surface area contributed by atoms with Gasteiger partial charge in [0.05, 0.1) is 23.6 Å². The van der Waals surface area contributed by atoms with E-state index in [0.717, 1.165) is 17.4 Å². The van der Waals surface area contributed by atoms with Crippen LogP contribution in [0.3, 0.4) is 0 Å².